The second kappa shape index (κ2) is 7.35. The van der Waals surface area contributed by atoms with Gasteiger partial charge < -0.3 is 19.8 Å². The number of methoxy groups -OCH3 is 1. The lowest BCUT2D eigenvalue weighted by molar-refractivity contribution is 0.102. The zero-order valence-corrected chi connectivity index (χ0v) is 13.5. The number of carbonyl (C=O) groups excluding carboxylic acids is 1. The maximum atomic E-state index is 12.1. The summed E-state index contributed by atoms with van der Waals surface area (Å²) < 4.78 is 11.0. The van der Waals surface area contributed by atoms with Gasteiger partial charge in [-0.1, -0.05) is 12.1 Å². The lowest BCUT2D eigenvalue weighted by atomic mass is 10.2. The van der Waals surface area contributed by atoms with Crippen LogP contribution in [0.2, 0.25) is 0 Å². The standard InChI is InChI=1S/C19H16N2O4/c1-24-16-6-2-3-7-17(16)25-14-10-8-13(9-11-14)21-19(23)15-5-4-12-20-18(15)22/h2-12H,1H3,(H,20,22)(H,21,23). The van der Waals surface area contributed by atoms with Crippen LogP contribution in [0.4, 0.5) is 5.69 Å². The van der Waals surface area contributed by atoms with Gasteiger partial charge in [0.2, 0.25) is 0 Å². The van der Waals surface area contributed by atoms with E-state index in [0.717, 1.165) is 0 Å². The van der Waals surface area contributed by atoms with Gasteiger partial charge in [-0.3, -0.25) is 9.59 Å². The van der Waals surface area contributed by atoms with Gasteiger partial charge in [0.25, 0.3) is 11.5 Å². The smallest absolute Gasteiger partial charge is 0.261 e. The maximum absolute atomic E-state index is 12.1. The number of pyridine rings is 1. The number of amides is 1. The molecule has 25 heavy (non-hydrogen) atoms. The first-order valence-corrected chi connectivity index (χ1v) is 7.57. The number of H-pyrrole nitrogens is 1. The fourth-order valence-electron chi connectivity index (χ4n) is 2.24. The number of carbonyl (C=O) groups is 1. The molecule has 2 aromatic carbocycles. The van der Waals surface area contributed by atoms with Gasteiger partial charge in [-0.05, 0) is 48.5 Å². The molecular weight excluding hydrogens is 320 g/mol. The Morgan fingerprint density at radius 1 is 0.960 bits per heavy atom. The first-order valence-electron chi connectivity index (χ1n) is 7.57. The van der Waals surface area contributed by atoms with Gasteiger partial charge in [0.05, 0.1) is 7.11 Å². The van der Waals surface area contributed by atoms with E-state index in [0.29, 0.717) is 22.9 Å². The minimum absolute atomic E-state index is 0.0526. The number of nitrogens with one attached hydrogen (secondary N) is 2. The minimum Gasteiger partial charge on any atom is -0.493 e. The predicted molar refractivity (Wildman–Crippen MR) is 94.5 cm³/mol. The molecule has 0 aliphatic rings. The Hall–Kier alpha value is -3.54. The van der Waals surface area contributed by atoms with Crippen molar-refractivity contribution < 1.29 is 14.3 Å². The summed E-state index contributed by atoms with van der Waals surface area (Å²) in [6, 6.07) is 17.2. The maximum Gasteiger partial charge on any atom is 0.261 e. The van der Waals surface area contributed by atoms with Gasteiger partial charge >= 0.3 is 0 Å². The molecule has 126 valence electrons. The topological polar surface area (TPSA) is 80.4 Å². The van der Waals surface area contributed by atoms with Crippen molar-refractivity contribution in [3.63, 3.8) is 0 Å². The molecule has 3 rings (SSSR count). The van der Waals surface area contributed by atoms with E-state index < -0.39 is 11.5 Å². The van der Waals surface area contributed by atoms with E-state index in [4.69, 9.17) is 9.47 Å². The van der Waals surface area contributed by atoms with Crippen LogP contribution >= 0.6 is 0 Å². The molecule has 0 unspecified atom stereocenters. The summed E-state index contributed by atoms with van der Waals surface area (Å²) in [4.78, 5) is 26.2. The summed E-state index contributed by atoms with van der Waals surface area (Å²) in [7, 11) is 1.58. The average molecular weight is 336 g/mol. The van der Waals surface area contributed by atoms with Crippen molar-refractivity contribution in [2.45, 2.75) is 0 Å². The number of benzene rings is 2. The van der Waals surface area contributed by atoms with Crippen molar-refractivity contribution >= 4 is 11.6 Å². The lowest BCUT2D eigenvalue weighted by Crippen LogP contribution is -2.22. The van der Waals surface area contributed by atoms with Crippen LogP contribution < -0.4 is 20.3 Å². The van der Waals surface area contributed by atoms with E-state index in [2.05, 4.69) is 10.3 Å². The van der Waals surface area contributed by atoms with Crippen LogP contribution in [0.1, 0.15) is 10.4 Å². The summed E-state index contributed by atoms with van der Waals surface area (Å²) in [5, 5.41) is 2.67. The van der Waals surface area contributed by atoms with Crippen LogP contribution in [0, 0.1) is 0 Å². The highest BCUT2D eigenvalue weighted by atomic mass is 16.5. The summed E-state index contributed by atoms with van der Waals surface area (Å²) in [5.74, 6) is 1.35. The zero-order chi connectivity index (χ0) is 17.6. The lowest BCUT2D eigenvalue weighted by Gasteiger charge is -2.10. The molecule has 1 aromatic heterocycles. The van der Waals surface area contributed by atoms with Crippen molar-refractivity contribution in [2.24, 2.45) is 0 Å². The van der Waals surface area contributed by atoms with Crippen molar-refractivity contribution in [2.75, 3.05) is 12.4 Å². The molecule has 0 spiro atoms. The summed E-state index contributed by atoms with van der Waals surface area (Å²) in [6.45, 7) is 0. The summed E-state index contributed by atoms with van der Waals surface area (Å²) in [6.07, 6.45) is 1.48. The van der Waals surface area contributed by atoms with E-state index in [1.807, 2.05) is 12.1 Å². The van der Waals surface area contributed by atoms with Crippen LogP contribution in [-0.2, 0) is 0 Å². The molecule has 0 atom stereocenters. The third-order valence-electron chi connectivity index (χ3n) is 3.47. The number of ether oxygens (including phenoxy) is 2. The minimum atomic E-state index is -0.472. The molecule has 0 bridgehead atoms. The predicted octanol–water partition coefficient (Wildman–Crippen LogP) is 3.43. The third kappa shape index (κ3) is 3.87. The van der Waals surface area contributed by atoms with Crippen LogP contribution in [0.5, 0.6) is 17.2 Å². The number of hydrogen-bond donors (Lipinski definition) is 2. The highest BCUT2D eigenvalue weighted by molar-refractivity contribution is 6.03. The molecule has 0 radical (unpaired) electrons. The number of aromatic nitrogens is 1. The molecule has 0 aliphatic heterocycles. The summed E-state index contributed by atoms with van der Waals surface area (Å²) in [5.41, 5.74) is 0.175. The fourth-order valence-corrected chi connectivity index (χ4v) is 2.24. The Bertz CT molecular complexity index is 932. The monoisotopic (exact) mass is 336 g/mol. The van der Waals surface area contributed by atoms with Crippen molar-refractivity contribution in [1.82, 2.24) is 4.98 Å². The van der Waals surface area contributed by atoms with E-state index in [1.165, 1.54) is 12.3 Å². The van der Waals surface area contributed by atoms with Crippen LogP contribution in [0.15, 0.2) is 71.7 Å². The normalized spacial score (nSPS) is 10.1. The SMILES string of the molecule is COc1ccccc1Oc1ccc(NC(=O)c2ccc[nH]c2=O)cc1. The van der Waals surface area contributed by atoms with Crippen LogP contribution in [0.25, 0.3) is 0 Å². The molecule has 6 nitrogen and oxygen atoms in total. The Morgan fingerprint density at radius 2 is 1.68 bits per heavy atom. The molecule has 1 heterocycles. The highest BCUT2D eigenvalue weighted by Gasteiger charge is 2.10. The molecule has 0 saturated carbocycles. The van der Waals surface area contributed by atoms with Crippen molar-refractivity contribution in [1.29, 1.82) is 0 Å². The van der Waals surface area contributed by atoms with Crippen LogP contribution in [-0.4, -0.2) is 18.0 Å². The molecular formula is C19H16N2O4. The molecule has 0 saturated heterocycles. The number of anilines is 1. The number of rotatable bonds is 5. The Labute approximate surface area is 144 Å². The highest BCUT2D eigenvalue weighted by Crippen LogP contribution is 2.31. The first-order chi connectivity index (χ1) is 12.2. The van der Waals surface area contributed by atoms with Crippen molar-refractivity contribution in [3.8, 4) is 17.2 Å². The Kier molecular flexibility index (Phi) is 4.80. The Balaban J connectivity index is 1.71. The quantitative estimate of drug-likeness (QED) is 0.748. The van der Waals surface area contributed by atoms with Gasteiger partial charge in [-0.25, -0.2) is 0 Å². The van der Waals surface area contributed by atoms with E-state index in [9.17, 15) is 9.59 Å². The molecule has 3 aromatic rings. The van der Waals surface area contributed by atoms with Gasteiger partial charge in [0.1, 0.15) is 11.3 Å². The van der Waals surface area contributed by atoms with Gasteiger partial charge in [-0.15, -0.1) is 0 Å². The first kappa shape index (κ1) is 16.3. The molecule has 0 aliphatic carbocycles. The zero-order valence-electron chi connectivity index (χ0n) is 13.5. The largest absolute Gasteiger partial charge is 0.493 e. The summed E-state index contributed by atoms with van der Waals surface area (Å²) >= 11 is 0. The fraction of sp³-hybridized carbons (Fsp3) is 0.0526. The second-order valence-corrected chi connectivity index (χ2v) is 5.14. The van der Waals surface area contributed by atoms with E-state index >= 15 is 0 Å². The molecule has 6 heteroatoms. The third-order valence-corrected chi connectivity index (χ3v) is 3.47. The van der Waals surface area contributed by atoms with Gasteiger partial charge in [0, 0.05) is 11.9 Å². The molecule has 0 fully saturated rings. The van der Waals surface area contributed by atoms with Crippen LogP contribution in [0.3, 0.4) is 0 Å². The number of aromatic amines is 1. The Morgan fingerprint density at radius 3 is 2.36 bits per heavy atom. The second-order valence-electron chi connectivity index (χ2n) is 5.14. The van der Waals surface area contributed by atoms with E-state index in [-0.39, 0.29) is 5.56 Å². The molecule has 1 amide bonds. The van der Waals surface area contributed by atoms with Gasteiger partial charge in [-0.2, -0.15) is 0 Å². The molecule has 2 N–H and O–H groups in total. The van der Waals surface area contributed by atoms with E-state index in [1.54, 1.807) is 49.6 Å². The van der Waals surface area contributed by atoms with Crippen molar-refractivity contribution in [3.05, 3.63) is 82.8 Å². The van der Waals surface area contributed by atoms with Gasteiger partial charge in [0.15, 0.2) is 11.5 Å². The number of hydrogen-bond acceptors (Lipinski definition) is 4. The average Bonchev–Trinajstić information content (AvgIpc) is 2.64. The number of para-hydroxylation sites is 2.